The van der Waals surface area contributed by atoms with E-state index in [9.17, 15) is 9.90 Å². The van der Waals surface area contributed by atoms with Gasteiger partial charge in [-0.3, -0.25) is 4.79 Å². The van der Waals surface area contributed by atoms with Crippen LogP contribution in [0.3, 0.4) is 0 Å². The monoisotopic (exact) mass is 247 g/mol. The van der Waals surface area contributed by atoms with Crippen molar-refractivity contribution in [1.29, 1.82) is 0 Å². The first-order valence-corrected chi connectivity index (χ1v) is 6.58. The molecule has 3 unspecified atom stereocenters. The third-order valence-electron chi connectivity index (χ3n) is 4.17. The van der Waals surface area contributed by atoms with Gasteiger partial charge in [-0.15, -0.1) is 0 Å². The molecule has 0 amide bonds. The molecular weight excluding hydrogens is 226 g/mol. The number of carboxylic acids is 1. The number of aliphatic carboxylic acids is 1. The van der Waals surface area contributed by atoms with Gasteiger partial charge in [0.15, 0.2) is 0 Å². The van der Waals surface area contributed by atoms with E-state index >= 15 is 0 Å². The Morgan fingerprint density at radius 1 is 1.44 bits per heavy atom. The lowest BCUT2D eigenvalue weighted by Crippen LogP contribution is -2.21. The summed E-state index contributed by atoms with van der Waals surface area (Å²) < 4.78 is 0. The summed E-state index contributed by atoms with van der Waals surface area (Å²) >= 11 is 0. The highest BCUT2D eigenvalue weighted by Crippen LogP contribution is 2.42. The van der Waals surface area contributed by atoms with Crippen LogP contribution in [0, 0.1) is 18.8 Å². The Morgan fingerprint density at radius 3 is 2.72 bits per heavy atom. The first kappa shape index (κ1) is 12.9. The summed E-state index contributed by atoms with van der Waals surface area (Å²) in [6, 6.07) is 5.69. The molecule has 1 aromatic rings. The molecule has 18 heavy (non-hydrogen) atoms. The fraction of sp³-hybridized carbons (Fsp3) is 0.533. The van der Waals surface area contributed by atoms with E-state index in [-0.39, 0.29) is 5.92 Å². The normalized spacial score (nSPS) is 25.0. The molecule has 0 aromatic heterocycles. The summed E-state index contributed by atoms with van der Waals surface area (Å²) in [5.74, 6) is -0.342. The fourth-order valence-corrected chi connectivity index (χ4v) is 3.12. The minimum absolute atomic E-state index is 0.224. The maximum Gasteiger partial charge on any atom is 0.311 e. The molecule has 3 N–H and O–H groups in total. The molecule has 0 spiro atoms. The topological polar surface area (TPSA) is 63.3 Å². The van der Waals surface area contributed by atoms with Crippen molar-refractivity contribution in [2.45, 2.75) is 39.0 Å². The molecule has 1 aliphatic carbocycles. The highest BCUT2D eigenvalue weighted by atomic mass is 16.4. The third kappa shape index (κ3) is 2.35. The first-order chi connectivity index (χ1) is 8.50. The van der Waals surface area contributed by atoms with Gasteiger partial charge in [-0.2, -0.15) is 0 Å². The van der Waals surface area contributed by atoms with E-state index in [1.165, 1.54) is 0 Å². The second-order valence-corrected chi connectivity index (χ2v) is 5.57. The minimum atomic E-state index is -0.744. The van der Waals surface area contributed by atoms with E-state index < -0.39 is 11.9 Å². The molecule has 3 atom stereocenters. The number of carboxylic acid groups (broad SMARTS) is 1. The van der Waals surface area contributed by atoms with Crippen LogP contribution in [0.25, 0.3) is 0 Å². The van der Waals surface area contributed by atoms with Gasteiger partial charge in [-0.05, 0) is 42.7 Å². The van der Waals surface area contributed by atoms with Crippen molar-refractivity contribution in [3.63, 3.8) is 0 Å². The second kappa shape index (κ2) is 5.01. The van der Waals surface area contributed by atoms with Gasteiger partial charge in [-0.1, -0.05) is 31.5 Å². The van der Waals surface area contributed by atoms with Gasteiger partial charge in [0.25, 0.3) is 0 Å². The number of para-hydroxylation sites is 1. The Hall–Kier alpha value is -1.51. The van der Waals surface area contributed by atoms with Crippen LogP contribution in [0.4, 0.5) is 5.69 Å². The van der Waals surface area contributed by atoms with Crippen molar-refractivity contribution in [2.24, 2.45) is 11.8 Å². The molecule has 3 heteroatoms. The number of aryl methyl sites for hydroxylation is 1. The predicted octanol–water partition coefficient (Wildman–Crippen LogP) is 3.18. The minimum Gasteiger partial charge on any atom is -0.481 e. The second-order valence-electron chi connectivity index (χ2n) is 5.57. The molecule has 3 nitrogen and oxygen atoms in total. The van der Waals surface area contributed by atoms with Gasteiger partial charge in [0.1, 0.15) is 0 Å². The molecule has 0 saturated heterocycles. The van der Waals surface area contributed by atoms with Crippen molar-refractivity contribution in [3.8, 4) is 0 Å². The number of benzene rings is 1. The Labute approximate surface area is 108 Å². The number of hydrogen-bond acceptors (Lipinski definition) is 2. The average molecular weight is 247 g/mol. The maximum atomic E-state index is 11.6. The van der Waals surface area contributed by atoms with Gasteiger partial charge < -0.3 is 10.8 Å². The van der Waals surface area contributed by atoms with Crippen LogP contribution in [-0.4, -0.2) is 11.1 Å². The van der Waals surface area contributed by atoms with E-state index in [1.54, 1.807) is 0 Å². The van der Waals surface area contributed by atoms with Crippen LogP contribution in [0.5, 0.6) is 0 Å². The molecule has 1 aromatic carbocycles. The van der Waals surface area contributed by atoms with E-state index in [4.69, 9.17) is 5.73 Å². The predicted molar refractivity (Wildman–Crippen MR) is 72.5 cm³/mol. The zero-order valence-electron chi connectivity index (χ0n) is 11.0. The number of nitrogen functional groups attached to an aromatic ring is 1. The Kier molecular flexibility index (Phi) is 3.60. The smallest absolute Gasteiger partial charge is 0.311 e. The summed E-state index contributed by atoms with van der Waals surface area (Å²) in [4.78, 5) is 11.6. The lowest BCUT2D eigenvalue weighted by Gasteiger charge is -2.22. The van der Waals surface area contributed by atoms with Crippen LogP contribution in [0.2, 0.25) is 0 Å². The van der Waals surface area contributed by atoms with Crippen molar-refractivity contribution in [1.82, 2.24) is 0 Å². The molecule has 0 bridgehead atoms. The van der Waals surface area contributed by atoms with E-state index in [0.29, 0.717) is 11.6 Å². The summed E-state index contributed by atoms with van der Waals surface area (Å²) in [5.41, 5.74) is 8.46. The zero-order chi connectivity index (χ0) is 13.3. The SMILES string of the molecule is Cc1cccc(C(C(=O)O)C2CCC(C)C2)c1N. The summed E-state index contributed by atoms with van der Waals surface area (Å²) in [6.45, 7) is 4.12. The quantitative estimate of drug-likeness (QED) is 0.806. The molecule has 0 aliphatic heterocycles. The first-order valence-electron chi connectivity index (χ1n) is 6.58. The molecular formula is C15H21NO2. The van der Waals surface area contributed by atoms with E-state index in [1.807, 2.05) is 25.1 Å². The number of rotatable bonds is 3. The van der Waals surface area contributed by atoms with Crippen molar-refractivity contribution >= 4 is 11.7 Å². The molecule has 98 valence electrons. The Balaban J connectivity index is 2.36. The highest BCUT2D eigenvalue weighted by molar-refractivity contribution is 5.79. The van der Waals surface area contributed by atoms with Gasteiger partial charge in [0.05, 0.1) is 5.92 Å². The van der Waals surface area contributed by atoms with Crippen molar-refractivity contribution < 1.29 is 9.90 Å². The standard InChI is InChI=1S/C15H21NO2/c1-9-6-7-11(8-9)13(15(17)18)12-5-3-4-10(2)14(12)16/h3-5,9,11,13H,6-8,16H2,1-2H3,(H,17,18). The van der Waals surface area contributed by atoms with Crippen molar-refractivity contribution in [3.05, 3.63) is 29.3 Å². The van der Waals surface area contributed by atoms with E-state index in [2.05, 4.69) is 6.92 Å². The van der Waals surface area contributed by atoms with Crippen LogP contribution in [0.1, 0.15) is 43.2 Å². The molecule has 0 heterocycles. The van der Waals surface area contributed by atoms with Gasteiger partial charge in [-0.25, -0.2) is 0 Å². The van der Waals surface area contributed by atoms with Crippen LogP contribution >= 0.6 is 0 Å². The maximum absolute atomic E-state index is 11.6. The zero-order valence-corrected chi connectivity index (χ0v) is 11.0. The van der Waals surface area contributed by atoms with Crippen LogP contribution < -0.4 is 5.73 Å². The van der Waals surface area contributed by atoms with Crippen LogP contribution in [-0.2, 0) is 4.79 Å². The number of hydrogen-bond donors (Lipinski definition) is 2. The summed E-state index contributed by atoms with van der Waals surface area (Å²) in [6.07, 6.45) is 3.11. The van der Waals surface area contributed by atoms with Gasteiger partial charge >= 0.3 is 5.97 Å². The molecule has 1 aliphatic rings. The summed E-state index contributed by atoms with van der Waals surface area (Å²) in [5, 5.41) is 9.53. The number of carbonyl (C=O) groups is 1. The van der Waals surface area contributed by atoms with Gasteiger partial charge in [0.2, 0.25) is 0 Å². The lowest BCUT2D eigenvalue weighted by atomic mass is 9.83. The Bertz CT molecular complexity index is 456. The van der Waals surface area contributed by atoms with Gasteiger partial charge in [0, 0.05) is 5.69 Å². The van der Waals surface area contributed by atoms with Crippen LogP contribution in [0.15, 0.2) is 18.2 Å². The fourth-order valence-electron chi connectivity index (χ4n) is 3.12. The number of nitrogens with two attached hydrogens (primary N) is 1. The molecule has 1 saturated carbocycles. The Morgan fingerprint density at radius 2 is 2.17 bits per heavy atom. The summed E-state index contributed by atoms with van der Waals surface area (Å²) in [7, 11) is 0. The molecule has 0 radical (unpaired) electrons. The van der Waals surface area contributed by atoms with E-state index in [0.717, 1.165) is 30.4 Å². The molecule has 1 fully saturated rings. The third-order valence-corrected chi connectivity index (χ3v) is 4.17. The average Bonchev–Trinajstić information content (AvgIpc) is 2.71. The lowest BCUT2D eigenvalue weighted by molar-refractivity contribution is -0.140. The van der Waals surface area contributed by atoms with Crippen molar-refractivity contribution in [2.75, 3.05) is 5.73 Å². The highest BCUT2D eigenvalue weighted by Gasteiger charge is 2.35. The molecule has 2 rings (SSSR count). The largest absolute Gasteiger partial charge is 0.481 e. The number of anilines is 1.